The van der Waals surface area contributed by atoms with Crippen LogP contribution >= 0.6 is 0 Å². The van der Waals surface area contributed by atoms with E-state index in [1.807, 2.05) is 12.3 Å². The minimum Gasteiger partial charge on any atom is -0.360 e. The van der Waals surface area contributed by atoms with Crippen molar-refractivity contribution < 1.29 is 0 Å². The molecule has 0 saturated carbocycles. The zero-order valence-corrected chi connectivity index (χ0v) is 8.26. The Kier molecular flexibility index (Phi) is 1.65. The summed E-state index contributed by atoms with van der Waals surface area (Å²) >= 11 is 0. The van der Waals surface area contributed by atoms with Crippen LogP contribution in [0.4, 0.5) is 0 Å². The maximum atomic E-state index is 4.38. The summed E-state index contributed by atoms with van der Waals surface area (Å²) in [5.41, 5.74) is 3.65. The van der Waals surface area contributed by atoms with Crippen molar-refractivity contribution in [2.45, 2.75) is 26.2 Å². The van der Waals surface area contributed by atoms with Crippen LogP contribution in [0.5, 0.6) is 0 Å². The lowest BCUT2D eigenvalue weighted by atomic mass is 9.88. The van der Waals surface area contributed by atoms with Gasteiger partial charge in [-0.3, -0.25) is 4.98 Å². The van der Waals surface area contributed by atoms with E-state index in [1.54, 1.807) is 0 Å². The first-order chi connectivity index (χ1) is 6.09. The van der Waals surface area contributed by atoms with Gasteiger partial charge in [-0.25, -0.2) is 0 Å². The van der Waals surface area contributed by atoms with Crippen molar-refractivity contribution >= 4 is 11.0 Å². The van der Waals surface area contributed by atoms with Crippen LogP contribution in [0.25, 0.3) is 11.0 Å². The van der Waals surface area contributed by atoms with Gasteiger partial charge in [0.1, 0.15) is 0 Å². The minimum atomic E-state index is 0.159. The van der Waals surface area contributed by atoms with Gasteiger partial charge in [0.25, 0.3) is 0 Å². The lowest BCUT2D eigenvalue weighted by Crippen LogP contribution is -2.10. The predicted octanol–water partition coefficient (Wildman–Crippen LogP) is 2.86. The first-order valence-corrected chi connectivity index (χ1v) is 4.51. The van der Waals surface area contributed by atoms with Gasteiger partial charge in [-0.15, -0.1) is 0 Å². The zero-order chi connectivity index (χ0) is 9.47. The summed E-state index contributed by atoms with van der Waals surface area (Å²) < 4.78 is 0. The van der Waals surface area contributed by atoms with Crippen LogP contribution < -0.4 is 0 Å². The van der Waals surface area contributed by atoms with Gasteiger partial charge in [-0.1, -0.05) is 20.8 Å². The minimum absolute atomic E-state index is 0.159. The molecule has 2 heterocycles. The molecule has 0 bridgehead atoms. The molecule has 0 spiro atoms. The summed E-state index contributed by atoms with van der Waals surface area (Å²) in [4.78, 5) is 7.61. The quantitative estimate of drug-likeness (QED) is 0.653. The zero-order valence-electron chi connectivity index (χ0n) is 8.26. The molecular formula is C11H14N2. The van der Waals surface area contributed by atoms with E-state index < -0.39 is 0 Å². The third-order valence-corrected chi connectivity index (χ3v) is 2.24. The molecule has 0 aliphatic heterocycles. The number of hydrogen-bond donors (Lipinski definition) is 1. The van der Waals surface area contributed by atoms with Crippen LogP contribution in [-0.4, -0.2) is 9.97 Å². The monoisotopic (exact) mass is 174 g/mol. The van der Waals surface area contributed by atoms with Gasteiger partial charge < -0.3 is 4.98 Å². The van der Waals surface area contributed by atoms with E-state index in [9.17, 15) is 0 Å². The molecule has 0 aliphatic carbocycles. The number of pyridine rings is 1. The molecular weight excluding hydrogens is 160 g/mol. The fourth-order valence-electron chi connectivity index (χ4n) is 1.53. The second-order valence-corrected chi connectivity index (χ2v) is 4.35. The van der Waals surface area contributed by atoms with Crippen LogP contribution in [0.3, 0.4) is 0 Å². The summed E-state index contributed by atoms with van der Waals surface area (Å²) in [7, 11) is 0. The van der Waals surface area contributed by atoms with Crippen molar-refractivity contribution in [1.29, 1.82) is 0 Å². The Morgan fingerprint density at radius 3 is 2.77 bits per heavy atom. The Morgan fingerprint density at radius 2 is 2.08 bits per heavy atom. The van der Waals surface area contributed by atoms with Crippen molar-refractivity contribution in [1.82, 2.24) is 9.97 Å². The van der Waals surface area contributed by atoms with Gasteiger partial charge in [0, 0.05) is 18.0 Å². The van der Waals surface area contributed by atoms with Crippen LogP contribution in [0.2, 0.25) is 0 Å². The Morgan fingerprint density at radius 1 is 1.31 bits per heavy atom. The third kappa shape index (κ3) is 1.32. The highest BCUT2D eigenvalue weighted by atomic mass is 14.8. The van der Waals surface area contributed by atoms with E-state index in [2.05, 4.69) is 43.0 Å². The summed E-state index contributed by atoms with van der Waals surface area (Å²) in [6.07, 6.45) is 3.89. The summed E-state index contributed by atoms with van der Waals surface area (Å²) in [5.74, 6) is 0. The van der Waals surface area contributed by atoms with Crippen LogP contribution in [0.1, 0.15) is 26.3 Å². The van der Waals surface area contributed by atoms with E-state index in [4.69, 9.17) is 0 Å². The van der Waals surface area contributed by atoms with E-state index in [0.717, 1.165) is 11.0 Å². The topological polar surface area (TPSA) is 28.7 Å². The van der Waals surface area contributed by atoms with Gasteiger partial charge in [0.05, 0.1) is 11.0 Å². The standard InChI is InChI=1S/C11H14N2/c1-11(2,3)8-7-13-9-5-4-6-12-10(8)9/h4-7,13H,1-3H3. The molecule has 68 valence electrons. The Balaban J connectivity index is 2.72. The first kappa shape index (κ1) is 8.30. The van der Waals surface area contributed by atoms with Crippen molar-refractivity contribution in [2.24, 2.45) is 0 Å². The molecule has 13 heavy (non-hydrogen) atoms. The maximum Gasteiger partial charge on any atom is 0.0916 e. The largest absolute Gasteiger partial charge is 0.360 e. The SMILES string of the molecule is CC(C)(C)c1c[nH]c2cccnc12. The molecule has 0 radical (unpaired) electrons. The number of aromatic nitrogens is 2. The van der Waals surface area contributed by atoms with Gasteiger partial charge >= 0.3 is 0 Å². The predicted molar refractivity (Wildman–Crippen MR) is 54.8 cm³/mol. The van der Waals surface area contributed by atoms with Gasteiger partial charge in [-0.05, 0) is 17.5 Å². The lowest BCUT2D eigenvalue weighted by Gasteiger charge is -2.16. The molecule has 2 heteroatoms. The smallest absolute Gasteiger partial charge is 0.0916 e. The average molecular weight is 174 g/mol. The highest BCUT2D eigenvalue weighted by Gasteiger charge is 2.18. The van der Waals surface area contributed by atoms with Crippen LogP contribution in [0, 0.1) is 0 Å². The Hall–Kier alpha value is -1.31. The average Bonchev–Trinajstić information content (AvgIpc) is 2.45. The number of nitrogens with zero attached hydrogens (tertiary/aromatic N) is 1. The molecule has 2 aromatic heterocycles. The molecule has 0 saturated heterocycles. The molecule has 0 unspecified atom stereocenters. The van der Waals surface area contributed by atoms with Crippen molar-refractivity contribution in [3.8, 4) is 0 Å². The number of H-pyrrole nitrogens is 1. The van der Waals surface area contributed by atoms with Crippen molar-refractivity contribution in [3.63, 3.8) is 0 Å². The summed E-state index contributed by atoms with van der Waals surface area (Å²) in [6, 6.07) is 4.00. The Bertz CT molecular complexity index is 421. The summed E-state index contributed by atoms with van der Waals surface area (Å²) in [5, 5.41) is 0. The van der Waals surface area contributed by atoms with Crippen LogP contribution in [0.15, 0.2) is 24.5 Å². The van der Waals surface area contributed by atoms with Gasteiger partial charge in [0.2, 0.25) is 0 Å². The molecule has 2 nitrogen and oxygen atoms in total. The number of aromatic amines is 1. The molecule has 2 aromatic rings. The number of nitrogens with one attached hydrogen (secondary N) is 1. The molecule has 2 rings (SSSR count). The normalized spacial score (nSPS) is 12.2. The number of fused-ring (bicyclic) bond motifs is 1. The van der Waals surface area contributed by atoms with Crippen molar-refractivity contribution in [3.05, 3.63) is 30.1 Å². The lowest BCUT2D eigenvalue weighted by molar-refractivity contribution is 0.594. The molecule has 0 amide bonds. The third-order valence-electron chi connectivity index (χ3n) is 2.24. The highest BCUT2D eigenvalue weighted by molar-refractivity contribution is 5.79. The maximum absolute atomic E-state index is 4.38. The van der Waals surface area contributed by atoms with Crippen molar-refractivity contribution in [2.75, 3.05) is 0 Å². The van der Waals surface area contributed by atoms with Gasteiger partial charge in [-0.2, -0.15) is 0 Å². The molecule has 1 N–H and O–H groups in total. The second-order valence-electron chi connectivity index (χ2n) is 4.35. The first-order valence-electron chi connectivity index (χ1n) is 4.51. The fourth-order valence-corrected chi connectivity index (χ4v) is 1.53. The molecule has 0 fully saturated rings. The van der Waals surface area contributed by atoms with E-state index in [-0.39, 0.29) is 5.41 Å². The molecule has 0 atom stereocenters. The van der Waals surface area contributed by atoms with Crippen LogP contribution in [-0.2, 0) is 5.41 Å². The number of hydrogen-bond acceptors (Lipinski definition) is 1. The molecule has 0 aliphatic rings. The van der Waals surface area contributed by atoms with E-state index in [1.165, 1.54) is 5.56 Å². The molecule has 0 aromatic carbocycles. The summed E-state index contributed by atoms with van der Waals surface area (Å²) in [6.45, 7) is 6.60. The fraction of sp³-hybridized carbons (Fsp3) is 0.364. The van der Waals surface area contributed by atoms with E-state index >= 15 is 0 Å². The van der Waals surface area contributed by atoms with Gasteiger partial charge in [0.15, 0.2) is 0 Å². The van der Waals surface area contributed by atoms with E-state index in [0.29, 0.717) is 0 Å². The second kappa shape index (κ2) is 2.59. The highest BCUT2D eigenvalue weighted by Crippen LogP contribution is 2.27. The number of rotatable bonds is 0. The Labute approximate surface area is 78.0 Å².